The Kier molecular flexibility index (Phi) is 3.78. The molecule has 2 aromatic rings. The third-order valence-electron chi connectivity index (χ3n) is 3.11. The lowest BCUT2D eigenvalue weighted by molar-refractivity contribution is 0.425. The summed E-state index contributed by atoms with van der Waals surface area (Å²) in [5.41, 5.74) is -3.12. The molecule has 1 atom stereocenters. The zero-order valence-corrected chi connectivity index (χ0v) is 13.8. The Bertz CT molecular complexity index is 918. The molecular weight excluding hydrogens is 402 g/mol. The fourth-order valence-electron chi connectivity index (χ4n) is 2.08. The van der Waals surface area contributed by atoms with E-state index in [1.54, 1.807) is 0 Å². The summed E-state index contributed by atoms with van der Waals surface area (Å²) in [5, 5.41) is -0.158. The highest BCUT2D eigenvalue weighted by Crippen LogP contribution is 2.44. The Morgan fingerprint density at radius 2 is 1.91 bits per heavy atom. The first-order chi connectivity index (χ1) is 10.3. The normalized spacial score (nSPS) is 19.5. The predicted molar refractivity (Wildman–Crippen MR) is 81.8 cm³/mol. The quantitative estimate of drug-likeness (QED) is 0.672. The largest absolute Gasteiger partial charge is 0.253 e. The summed E-state index contributed by atoms with van der Waals surface area (Å²) >= 11 is 9.07. The Balaban J connectivity index is 2.37. The molecule has 2 heterocycles. The van der Waals surface area contributed by atoms with Gasteiger partial charge in [-0.25, -0.2) is 17.2 Å². The lowest BCUT2D eigenvalue weighted by atomic mass is 10.1. The van der Waals surface area contributed by atoms with Gasteiger partial charge in [-0.2, -0.15) is 0 Å². The Morgan fingerprint density at radius 3 is 2.64 bits per heavy atom. The monoisotopic (exact) mass is 406 g/mol. The van der Waals surface area contributed by atoms with Crippen molar-refractivity contribution in [1.82, 2.24) is 9.97 Å². The summed E-state index contributed by atoms with van der Waals surface area (Å²) in [7, 11) is -4.48. The first-order valence-corrected chi connectivity index (χ1v) is 8.60. The van der Waals surface area contributed by atoms with Gasteiger partial charge in [0.05, 0.1) is 15.6 Å². The first kappa shape index (κ1) is 15.5. The molecule has 1 unspecified atom stereocenters. The van der Waals surface area contributed by atoms with Crippen LogP contribution >= 0.6 is 27.5 Å². The van der Waals surface area contributed by atoms with Crippen LogP contribution in [0.3, 0.4) is 0 Å². The van der Waals surface area contributed by atoms with Gasteiger partial charge in [-0.15, -0.1) is 0 Å². The number of nitrogens with zero attached hydrogens (tertiary/aromatic N) is 2. The van der Waals surface area contributed by atoms with Crippen molar-refractivity contribution in [3.63, 3.8) is 0 Å². The van der Waals surface area contributed by atoms with Crippen LogP contribution in [0.15, 0.2) is 29.0 Å². The Labute approximate surface area is 137 Å². The van der Waals surface area contributed by atoms with Gasteiger partial charge >= 0.3 is 0 Å². The maximum atomic E-state index is 14.3. The molecule has 1 aromatic carbocycles. The summed E-state index contributed by atoms with van der Waals surface area (Å²) in [6, 6.07) is 2.37. The van der Waals surface area contributed by atoms with E-state index in [0.29, 0.717) is 4.47 Å². The highest BCUT2D eigenvalue weighted by molar-refractivity contribution is 9.10. The zero-order chi connectivity index (χ0) is 16.1. The van der Waals surface area contributed by atoms with Crippen molar-refractivity contribution in [3.8, 4) is 0 Å². The van der Waals surface area contributed by atoms with E-state index in [4.69, 9.17) is 11.6 Å². The first-order valence-electron chi connectivity index (χ1n) is 5.88. The molecule has 1 aliphatic rings. The maximum absolute atomic E-state index is 14.3. The number of halogens is 4. The highest BCUT2D eigenvalue weighted by Gasteiger charge is 2.40. The molecule has 0 bridgehead atoms. The van der Waals surface area contributed by atoms with Gasteiger partial charge in [-0.1, -0.05) is 11.6 Å². The van der Waals surface area contributed by atoms with E-state index in [1.165, 1.54) is 18.5 Å². The SMILES string of the molecule is O=S1(=O)C(c2c(F)ccc(Br)c2Cl)=Cc2nccnc2C1F. The smallest absolute Gasteiger partial charge is 0.249 e. The second kappa shape index (κ2) is 5.36. The Hall–Kier alpha value is -1.38. The van der Waals surface area contributed by atoms with E-state index in [2.05, 4.69) is 25.9 Å². The van der Waals surface area contributed by atoms with Gasteiger partial charge in [0, 0.05) is 22.4 Å². The van der Waals surface area contributed by atoms with Gasteiger partial charge in [-0.3, -0.25) is 9.97 Å². The van der Waals surface area contributed by atoms with Crippen molar-refractivity contribution in [2.45, 2.75) is 5.50 Å². The molecule has 114 valence electrons. The minimum atomic E-state index is -4.48. The number of alkyl halides is 1. The van der Waals surface area contributed by atoms with Gasteiger partial charge in [0.1, 0.15) is 11.5 Å². The fourth-order valence-corrected chi connectivity index (χ4v) is 4.18. The summed E-state index contributed by atoms with van der Waals surface area (Å²) in [6.45, 7) is 0. The number of benzene rings is 1. The molecule has 0 fully saturated rings. The van der Waals surface area contributed by atoms with E-state index in [0.717, 1.165) is 12.1 Å². The molecule has 0 radical (unpaired) electrons. The number of hydrogen-bond acceptors (Lipinski definition) is 4. The predicted octanol–water partition coefficient (Wildman–Crippen LogP) is 3.93. The summed E-state index contributed by atoms with van der Waals surface area (Å²) in [6.07, 6.45) is 3.55. The van der Waals surface area contributed by atoms with Gasteiger partial charge < -0.3 is 0 Å². The standard InChI is InChI=1S/C13H6BrClF2N2O2S/c14-6-1-2-7(16)10(11(6)15)9-5-8-12(19-4-3-18-8)13(17)22(9,20)21/h1-5,13H. The van der Waals surface area contributed by atoms with E-state index in [9.17, 15) is 17.2 Å². The van der Waals surface area contributed by atoms with E-state index in [1.807, 2.05) is 0 Å². The van der Waals surface area contributed by atoms with Crippen molar-refractivity contribution < 1.29 is 17.2 Å². The van der Waals surface area contributed by atoms with Crippen LogP contribution in [0, 0.1) is 5.82 Å². The number of rotatable bonds is 1. The van der Waals surface area contributed by atoms with E-state index in [-0.39, 0.29) is 16.4 Å². The van der Waals surface area contributed by atoms with Crippen molar-refractivity contribution in [2.24, 2.45) is 0 Å². The van der Waals surface area contributed by atoms with Gasteiger partial charge in [0.2, 0.25) is 15.3 Å². The maximum Gasteiger partial charge on any atom is 0.249 e. The van der Waals surface area contributed by atoms with Crippen LogP contribution in [0.5, 0.6) is 0 Å². The second-order valence-electron chi connectivity index (χ2n) is 4.41. The number of hydrogen-bond donors (Lipinski definition) is 0. The van der Waals surface area contributed by atoms with Crippen molar-refractivity contribution in [2.75, 3.05) is 0 Å². The lowest BCUT2D eigenvalue weighted by Gasteiger charge is -2.20. The van der Waals surface area contributed by atoms with Gasteiger partial charge in [0.15, 0.2) is 0 Å². The molecule has 9 heteroatoms. The molecule has 0 saturated carbocycles. The summed E-state index contributed by atoms with van der Waals surface area (Å²) in [5.74, 6) is -0.873. The van der Waals surface area contributed by atoms with Gasteiger partial charge in [-0.05, 0) is 34.1 Å². The molecule has 0 saturated heterocycles. The van der Waals surface area contributed by atoms with E-state index >= 15 is 0 Å². The second-order valence-corrected chi connectivity index (χ2v) is 7.59. The molecule has 22 heavy (non-hydrogen) atoms. The minimum absolute atomic E-state index is 0.0234. The number of fused-ring (bicyclic) bond motifs is 1. The fraction of sp³-hybridized carbons (Fsp3) is 0.0769. The van der Waals surface area contributed by atoms with Crippen LogP contribution < -0.4 is 0 Å². The molecule has 1 aliphatic heterocycles. The Morgan fingerprint density at radius 1 is 1.23 bits per heavy atom. The van der Waals surface area contributed by atoms with Crippen LogP contribution in [0.2, 0.25) is 5.02 Å². The van der Waals surface area contributed by atoms with Crippen LogP contribution in [0.25, 0.3) is 11.0 Å². The number of aromatic nitrogens is 2. The van der Waals surface area contributed by atoms with Crippen molar-refractivity contribution in [3.05, 3.63) is 56.8 Å². The van der Waals surface area contributed by atoms with Crippen LogP contribution in [0.1, 0.15) is 22.5 Å². The van der Waals surface area contributed by atoms with E-state index < -0.39 is 31.6 Å². The average molecular weight is 408 g/mol. The third-order valence-corrected chi connectivity index (χ3v) is 6.09. The average Bonchev–Trinajstić information content (AvgIpc) is 2.49. The molecule has 1 aromatic heterocycles. The molecule has 0 spiro atoms. The summed E-state index contributed by atoms with van der Waals surface area (Å²) in [4.78, 5) is 7.00. The highest BCUT2D eigenvalue weighted by atomic mass is 79.9. The van der Waals surface area contributed by atoms with Crippen molar-refractivity contribution >= 4 is 48.3 Å². The third kappa shape index (κ3) is 2.26. The van der Waals surface area contributed by atoms with Crippen molar-refractivity contribution in [1.29, 1.82) is 0 Å². The van der Waals surface area contributed by atoms with Gasteiger partial charge in [0.25, 0.3) is 0 Å². The molecule has 3 rings (SSSR count). The minimum Gasteiger partial charge on any atom is -0.253 e. The van der Waals surface area contributed by atoms with Crippen LogP contribution in [0.4, 0.5) is 8.78 Å². The topological polar surface area (TPSA) is 59.9 Å². The molecular formula is C13H6BrClF2N2O2S. The van der Waals surface area contributed by atoms with Crippen LogP contribution in [-0.4, -0.2) is 18.4 Å². The summed E-state index contributed by atoms with van der Waals surface area (Å²) < 4.78 is 53.4. The zero-order valence-electron chi connectivity index (χ0n) is 10.6. The van der Waals surface area contributed by atoms with Crippen LogP contribution in [-0.2, 0) is 9.84 Å². The molecule has 0 N–H and O–H groups in total. The molecule has 0 amide bonds. The molecule has 0 aliphatic carbocycles. The number of sulfone groups is 1. The lowest BCUT2D eigenvalue weighted by Crippen LogP contribution is -2.19. The molecule has 4 nitrogen and oxygen atoms in total.